The Labute approximate surface area is 266 Å². The lowest BCUT2D eigenvalue weighted by Gasteiger charge is -2.33. The number of aryl methyl sites for hydroxylation is 1. The summed E-state index contributed by atoms with van der Waals surface area (Å²) in [5.41, 5.74) is 2.53. The van der Waals surface area contributed by atoms with E-state index in [0.29, 0.717) is 23.9 Å². The van der Waals surface area contributed by atoms with Gasteiger partial charge in [0.25, 0.3) is 5.91 Å². The molecule has 4 heterocycles. The molecule has 0 spiro atoms. The molecule has 0 bridgehead atoms. The van der Waals surface area contributed by atoms with Gasteiger partial charge in [-0.2, -0.15) is 18.3 Å². The lowest BCUT2D eigenvalue weighted by atomic mass is 10.0. The Bertz CT molecular complexity index is 1840. The molecule has 13 heteroatoms. The van der Waals surface area contributed by atoms with Crippen LogP contribution in [0.3, 0.4) is 0 Å². The number of aromatic amines is 1. The number of carbonyl (C=O) groups excluding carboxylic acids is 1. The summed E-state index contributed by atoms with van der Waals surface area (Å²) in [5, 5.41) is 11.5. The highest BCUT2D eigenvalue weighted by Gasteiger charge is 2.34. The number of amides is 1. The number of rotatable bonds is 8. The smallest absolute Gasteiger partial charge is 0.304 e. The lowest BCUT2D eigenvalue weighted by molar-refractivity contribution is -0.138. The van der Waals surface area contributed by atoms with Gasteiger partial charge in [-0.3, -0.25) is 25.1 Å². The maximum Gasteiger partial charge on any atom is 0.416 e. The minimum Gasteiger partial charge on any atom is -0.304 e. The van der Waals surface area contributed by atoms with E-state index >= 15 is 0 Å². The number of pyridine rings is 1. The number of H-pyrrole nitrogens is 1. The van der Waals surface area contributed by atoms with Gasteiger partial charge in [0.2, 0.25) is 0 Å². The van der Waals surface area contributed by atoms with Gasteiger partial charge in [0.1, 0.15) is 0 Å². The van der Waals surface area contributed by atoms with Crippen LogP contribution < -0.4 is 5.32 Å². The Hall–Kier alpha value is -4.04. The van der Waals surface area contributed by atoms with E-state index < -0.39 is 17.6 Å². The number of nitrogens with zero attached hydrogens (tertiary/aromatic N) is 5. The van der Waals surface area contributed by atoms with Gasteiger partial charge in [-0.25, -0.2) is 4.98 Å². The molecule has 0 saturated carbocycles. The SMILES string of the molecule is Cc1nc(NC(=O)c2ccc(CN3CCN(C)CC3)c(C(F)(F)F)c2)sc1Sc1ccc2c(/C=C/c3ccccn3)n[nH]c2c1. The Balaban J connectivity index is 1.14. The van der Waals surface area contributed by atoms with E-state index in [0.717, 1.165) is 50.6 Å². The van der Waals surface area contributed by atoms with Crippen molar-refractivity contribution in [1.82, 2.24) is 30.0 Å². The van der Waals surface area contributed by atoms with Crippen LogP contribution in [0.4, 0.5) is 18.3 Å². The first-order chi connectivity index (χ1) is 21.6. The zero-order valence-electron chi connectivity index (χ0n) is 24.6. The van der Waals surface area contributed by atoms with Gasteiger partial charge in [-0.1, -0.05) is 35.2 Å². The first kappa shape index (κ1) is 31.0. The number of hydrogen-bond acceptors (Lipinski definition) is 8. The third kappa shape index (κ3) is 7.44. The van der Waals surface area contributed by atoms with Crippen LogP contribution in [-0.4, -0.2) is 69.1 Å². The second-order valence-electron chi connectivity index (χ2n) is 10.8. The Morgan fingerprint density at radius 2 is 1.91 bits per heavy atom. The number of thiazole rings is 1. The topological polar surface area (TPSA) is 90.0 Å². The summed E-state index contributed by atoms with van der Waals surface area (Å²) in [7, 11) is 2.00. The largest absolute Gasteiger partial charge is 0.416 e. The average molecular weight is 650 g/mol. The molecule has 45 heavy (non-hydrogen) atoms. The predicted octanol–water partition coefficient (Wildman–Crippen LogP) is 7.06. The molecule has 1 saturated heterocycles. The molecule has 6 rings (SSSR count). The average Bonchev–Trinajstić information content (AvgIpc) is 3.58. The summed E-state index contributed by atoms with van der Waals surface area (Å²) < 4.78 is 42.9. The van der Waals surface area contributed by atoms with E-state index in [2.05, 4.69) is 30.4 Å². The molecular formula is C32H30F3N7OS2. The van der Waals surface area contributed by atoms with Crippen molar-refractivity contribution in [3.63, 3.8) is 0 Å². The number of nitrogens with one attached hydrogen (secondary N) is 2. The van der Waals surface area contributed by atoms with Crippen LogP contribution in [-0.2, 0) is 12.7 Å². The summed E-state index contributed by atoms with van der Waals surface area (Å²) in [5.74, 6) is -0.637. The van der Waals surface area contributed by atoms with Gasteiger partial charge in [-0.05, 0) is 74.2 Å². The molecule has 2 N–H and O–H groups in total. The summed E-state index contributed by atoms with van der Waals surface area (Å²) >= 11 is 2.76. The molecular weight excluding hydrogens is 620 g/mol. The molecule has 1 aliphatic heterocycles. The zero-order chi connectivity index (χ0) is 31.6. The summed E-state index contributed by atoms with van der Waals surface area (Å²) in [6.07, 6.45) is 0.976. The highest BCUT2D eigenvalue weighted by molar-refractivity contribution is 8.01. The fraction of sp³-hybridized carbons (Fsp3) is 0.250. The maximum absolute atomic E-state index is 14.0. The van der Waals surface area contributed by atoms with Crippen LogP contribution in [0.15, 0.2) is 69.9 Å². The summed E-state index contributed by atoms with van der Waals surface area (Å²) in [4.78, 5) is 26.9. The van der Waals surface area contributed by atoms with Crippen molar-refractivity contribution in [2.24, 2.45) is 0 Å². The molecule has 3 aromatic heterocycles. The molecule has 0 unspecified atom stereocenters. The molecule has 0 radical (unpaired) electrons. The van der Waals surface area contributed by atoms with Crippen molar-refractivity contribution in [3.05, 3.63) is 94.6 Å². The standard InChI is InChI=1S/C32H30F3N7OS2/c1-20-30(44-24-9-10-25-27(39-40-28(25)18-24)11-8-23-5-3-4-12-36-23)45-31(37-20)38-29(43)21-6-7-22(26(17-21)32(33,34)35)19-42-15-13-41(2)14-16-42/h3-12,17-18H,13-16,19H2,1-2H3,(H,39,40)(H,37,38,43)/b11-8+. The van der Waals surface area contributed by atoms with E-state index in [4.69, 9.17) is 0 Å². The normalized spacial score (nSPS) is 14.9. The van der Waals surface area contributed by atoms with Crippen molar-refractivity contribution in [3.8, 4) is 0 Å². The van der Waals surface area contributed by atoms with Crippen LogP contribution >= 0.6 is 23.1 Å². The molecule has 1 fully saturated rings. The second-order valence-corrected chi connectivity index (χ2v) is 13.1. The Morgan fingerprint density at radius 3 is 2.67 bits per heavy atom. The number of carbonyl (C=O) groups is 1. The molecule has 0 atom stereocenters. The van der Waals surface area contributed by atoms with Crippen LogP contribution in [0, 0.1) is 6.92 Å². The number of anilines is 1. The number of hydrogen-bond donors (Lipinski definition) is 2. The van der Waals surface area contributed by atoms with Gasteiger partial charge in [0.15, 0.2) is 5.13 Å². The highest BCUT2D eigenvalue weighted by atomic mass is 32.2. The molecule has 8 nitrogen and oxygen atoms in total. The first-order valence-electron chi connectivity index (χ1n) is 14.3. The zero-order valence-corrected chi connectivity index (χ0v) is 26.2. The van der Waals surface area contributed by atoms with Crippen molar-refractivity contribution < 1.29 is 18.0 Å². The van der Waals surface area contributed by atoms with E-state index in [9.17, 15) is 18.0 Å². The number of fused-ring (bicyclic) bond motifs is 1. The number of alkyl halides is 3. The van der Waals surface area contributed by atoms with Crippen LogP contribution in [0.2, 0.25) is 0 Å². The Kier molecular flexibility index (Phi) is 9.04. The van der Waals surface area contributed by atoms with Crippen LogP contribution in [0.5, 0.6) is 0 Å². The van der Waals surface area contributed by atoms with Crippen LogP contribution in [0.25, 0.3) is 23.1 Å². The molecule has 1 aliphatic rings. The Morgan fingerprint density at radius 1 is 1.09 bits per heavy atom. The van der Waals surface area contributed by atoms with Gasteiger partial charge < -0.3 is 4.90 Å². The quantitative estimate of drug-likeness (QED) is 0.186. The summed E-state index contributed by atoms with van der Waals surface area (Å²) in [6, 6.07) is 15.5. The molecule has 2 aromatic carbocycles. The van der Waals surface area contributed by atoms with Crippen molar-refractivity contribution in [2.75, 3.05) is 38.5 Å². The molecule has 1 amide bonds. The maximum atomic E-state index is 14.0. The van der Waals surface area contributed by atoms with E-state index in [-0.39, 0.29) is 17.7 Å². The van der Waals surface area contributed by atoms with Gasteiger partial charge in [0, 0.05) is 54.8 Å². The van der Waals surface area contributed by atoms with E-state index in [1.54, 1.807) is 6.20 Å². The minimum atomic E-state index is -4.58. The molecule has 232 valence electrons. The van der Waals surface area contributed by atoms with Crippen molar-refractivity contribution in [2.45, 2.75) is 28.7 Å². The van der Waals surface area contributed by atoms with Crippen molar-refractivity contribution >= 4 is 57.2 Å². The van der Waals surface area contributed by atoms with Gasteiger partial charge in [0.05, 0.1) is 32.4 Å². The van der Waals surface area contributed by atoms with E-state index in [1.807, 2.05) is 67.4 Å². The number of piperazine rings is 1. The van der Waals surface area contributed by atoms with Crippen LogP contribution in [0.1, 0.15) is 38.6 Å². The lowest BCUT2D eigenvalue weighted by Crippen LogP contribution is -2.44. The predicted molar refractivity (Wildman–Crippen MR) is 172 cm³/mol. The minimum absolute atomic E-state index is 0.0656. The second kappa shape index (κ2) is 13.1. The van der Waals surface area contributed by atoms with E-state index in [1.165, 1.54) is 35.2 Å². The van der Waals surface area contributed by atoms with Crippen molar-refractivity contribution in [1.29, 1.82) is 0 Å². The number of likely N-dealkylation sites (N-methyl/N-ethyl adjacent to an activating group) is 1. The number of aromatic nitrogens is 4. The first-order valence-corrected chi connectivity index (χ1v) is 15.9. The van der Waals surface area contributed by atoms with Gasteiger partial charge in [-0.15, -0.1) is 0 Å². The van der Waals surface area contributed by atoms with Gasteiger partial charge >= 0.3 is 6.18 Å². The monoisotopic (exact) mass is 649 g/mol. The molecule has 0 aliphatic carbocycles. The third-order valence-corrected chi connectivity index (χ3v) is 9.85. The fourth-order valence-electron chi connectivity index (χ4n) is 5.02. The number of halogens is 3. The summed E-state index contributed by atoms with van der Waals surface area (Å²) in [6.45, 7) is 5.02. The number of benzene rings is 2. The highest BCUT2D eigenvalue weighted by Crippen LogP contribution is 2.39. The molecule has 5 aromatic rings. The third-order valence-electron chi connectivity index (χ3n) is 7.52. The fourth-order valence-corrected chi connectivity index (χ4v) is 7.13.